The SMILES string of the molecule is CCn1c(CSCc2ccccc2)nnc1SCC(=O)Nc1nc(C)cs1. The average molecular weight is 420 g/mol. The fourth-order valence-electron chi connectivity index (χ4n) is 2.38. The Hall–Kier alpha value is -1.84. The highest BCUT2D eigenvalue weighted by Gasteiger charge is 2.14. The molecule has 0 unspecified atom stereocenters. The smallest absolute Gasteiger partial charge is 0.236 e. The number of anilines is 1. The number of benzene rings is 1. The number of thiazole rings is 1. The Morgan fingerprint density at radius 2 is 2.04 bits per heavy atom. The third-order valence-corrected chi connectivity index (χ3v) is 6.49. The molecule has 6 nitrogen and oxygen atoms in total. The second-order valence-electron chi connectivity index (χ2n) is 5.75. The van der Waals surface area contributed by atoms with E-state index in [-0.39, 0.29) is 11.7 Å². The van der Waals surface area contributed by atoms with E-state index >= 15 is 0 Å². The summed E-state index contributed by atoms with van der Waals surface area (Å²) < 4.78 is 2.07. The Kier molecular flexibility index (Phi) is 7.31. The first-order chi connectivity index (χ1) is 13.2. The number of nitrogens with zero attached hydrogens (tertiary/aromatic N) is 4. The molecule has 0 saturated carbocycles. The number of nitrogens with one attached hydrogen (secondary N) is 1. The molecule has 0 aliphatic carbocycles. The molecule has 2 heterocycles. The first-order valence-electron chi connectivity index (χ1n) is 8.54. The van der Waals surface area contributed by atoms with Crippen molar-refractivity contribution in [2.75, 3.05) is 11.1 Å². The molecule has 3 rings (SSSR count). The van der Waals surface area contributed by atoms with Crippen molar-refractivity contribution in [2.45, 2.75) is 37.1 Å². The predicted octanol–water partition coefficient (Wildman–Crippen LogP) is 4.23. The fourth-order valence-corrected chi connectivity index (χ4v) is 4.83. The van der Waals surface area contributed by atoms with Crippen LogP contribution in [-0.4, -0.2) is 31.4 Å². The van der Waals surface area contributed by atoms with Crippen LogP contribution in [0.3, 0.4) is 0 Å². The fraction of sp³-hybridized carbons (Fsp3) is 0.333. The molecule has 1 amide bonds. The van der Waals surface area contributed by atoms with Gasteiger partial charge < -0.3 is 9.88 Å². The lowest BCUT2D eigenvalue weighted by Crippen LogP contribution is -2.14. The van der Waals surface area contributed by atoms with E-state index in [0.29, 0.717) is 5.13 Å². The van der Waals surface area contributed by atoms with Gasteiger partial charge in [-0.15, -0.1) is 33.3 Å². The largest absolute Gasteiger partial charge is 0.306 e. The Morgan fingerprint density at radius 3 is 2.74 bits per heavy atom. The number of hydrogen-bond donors (Lipinski definition) is 1. The summed E-state index contributed by atoms with van der Waals surface area (Å²) in [6, 6.07) is 10.4. The zero-order valence-electron chi connectivity index (χ0n) is 15.2. The topological polar surface area (TPSA) is 72.7 Å². The monoisotopic (exact) mass is 419 g/mol. The maximum absolute atomic E-state index is 12.1. The molecule has 0 bridgehead atoms. The summed E-state index contributed by atoms with van der Waals surface area (Å²) in [5, 5.41) is 14.7. The van der Waals surface area contributed by atoms with Crippen LogP contribution in [0.15, 0.2) is 40.9 Å². The van der Waals surface area contributed by atoms with Crippen molar-refractivity contribution in [3.63, 3.8) is 0 Å². The van der Waals surface area contributed by atoms with Crippen molar-refractivity contribution in [2.24, 2.45) is 0 Å². The molecule has 3 aromatic rings. The highest BCUT2D eigenvalue weighted by Crippen LogP contribution is 2.22. The van der Waals surface area contributed by atoms with Gasteiger partial charge >= 0.3 is 0 Å². The van der Waals surface area contributed by atoms with Crippen LogP contribution in [0.2, 0.25) is 0 Å². The van der Waals surface area contributed by atoms with E-state index in [2.05, 4.69) is 56.3 Å². The lowest BCUT2D eigenvalue weighted by molar-refractivity contribution is -0.113. The van der Waals surface area contributed by atoms with E-state index in [1.165, 1.54) is 28.7 Å². The van der Waals surface area contributed by atoms with Crippen LogP contribution in [0, 0.1) is 6.92 Å². The van der Waals surface area contributed by atoms with E-state index < -0.39 is 0 Å². The lowest BCUT2D eigenvalue weighted by atomic mass is 10.2. The molecule has 9 heteroatoms. The van der Waals surface area contributed by atoms with Gasteiger partial charge in [0.2, 0.25) is 5.91 Å². The minimum atomic E-state index is -0.0833. The second-order valence-corrected chi connectivity index (χ2v) is 8.54. The van der Waals surface area contributed by atoms with Crippen molar-refractivity contribution >= 4 is 45.9 Å². The number of hydrogen-bond acceptors (Lipinski definition) is 7. The molecule has 0 aliphatic heterocycles. The number of carbonyl (C=O) groups is 1. The summed E-state index contributed by atoms with van der Waals surface area (Å²) in [7, 11) is 0. The Bertz CT molecular complexity index is 878. The maximum atomic E-state index is 12.1. The molecule has 142 valence electrons. The Balaban J connectivity index is 1.51. The molecule has 0 atom stereocenters. The number of aromatic nitrogens is 4. The third kappa shape index (κ3) is 5.82. The van der Waals surface area contributed by atoms with E-state index in [1.807, 2.05) is 30.1 Å². The molecule has 0 aliphatic rings. The standard InChI is InChI=1S/C18H21N5OS3/c1-3-23-15(11-25-10-14-7-5-4-6-8-14)21-22-18(23)27-12-16(24)20-17-19-13(2)9-26-17/h4-9H,3,10-12H2,1-2H3,(H,19,20,24). The van der Waals surface area contributed by atoms with Crippen molar-refractivity contribution in [1.82, 2.24) is 19.7 Å². The van der Waals surface area contributed by atoms with Gasteiger partial charge in [0.15, 0.2) is 10.3 Å². The Labute approximate surface area is 171 Å². The number of thioether (sulfide) groups is 2. The number of aryl methyl sites for hydroxylation is 1. The average Bonchev–Trinajstić information content (AvgIpc) is 3.26. The van der Waals surface area contributed by atoms with Crippen LogP contribution in [0.4, 0.5) is 5.13 Å². The van der Waals surface area contributed by atoms with Crippen LogP contribution in [0.1, 0.15) is 24.0 Å². The van der Waals surface area contributed by atoms with Gasteiger partial charge in [0.05, 0.1) is 17.2 Å². The van der Waals surface area contributed by atoms with Gasteiger partial charge in [-0.2, -0.15) is 0 Å². The number of rotatable bonds is 9. The normalized spacial score (nSPS) is 10.9. The van der Waals surface area contributed by atoms with Crippen LogP contribution in [0.5, 0.6) is 0 Å². The van der Waals surface area contributed by atoms with Crippen LogP contribution in [-0.2, 0) is 22.8 Å². The van der Waals surface area contributed by atoms with Crippen molar-refractivity contribution in [3.8, 4) is 0 Å². The number of amides is 1. The van der Waals surface area contributed by atoms with Crippen molar-refractivity contribution in [3.05, 3.63) is 52.8 Å². The van der Waals surface area contributed by atoms with Gasteiger partial charge in [-0.1, -0.05) is 42.1 Å². The molecular formula is C18H21N5OS3. The molecular weight excluding hydrogens is 398 g/mol. The first-order valence-corrected chi connectivity index (χ1v) is 11.6. The molecule has 0 radical (unpaired) electrons. The Morgan fingerprint density at radius 1 is 1.22 bits per heavy atom. The molecule has 2 aromatic heterocycles. The molecule has 0 fully saturated rings. The molecule has 27 heavy (non-hydrogen) atoms. The minimum Gasteiger partial charge on any atom is -0.306 e. The van der Waals surface area contributed by atoms with Crippen molar-refractivity contribution < 1.29 is 4.79 Å². The van der Waals surface area contributed by atoms with E-state index in [9.17, 15) is 4.79 Å². The maximum Gasteiger partial charge on any atom is 0.236 e. The summed E-state index contributed by atoms with van der Waals surface area (Å²) in [6.07, 6.45) is 0. The minimum absolute atomic E-state index is 0.0833. The van der Waals surface area contributed by atoms with Gasteiger partial charge in [-0.05, 0) is 19.4 Å². The third-order valence-electron chi connectivity index (χ3n) is 3.65. The summed E-state index contributed by atoms with van der Waals surface area (Å²) in [4.78, 5) is 16.3. The summed E-state index contributed by atoms with van der Waals surface area (Å²) >= 11 is 4.64. The van der Waals surface area contributed by atoms with Gasteiger partial charge in [-0.3, -0.25) is 4.79 Å². The highest BCUT2D eigenvalue weighted by atomic mass is 32.2. The molecule has 1 aromatic carbocycles. The highest BCUT2D eigenvalue weighted by molar-refractivity contribution is 7.99. The van der Waals surface area contributed by atoms with E-state index in [1.54, 1.807) is 0 Å². The first kappa shape index (κ1) is 19.9. The van der Waals surface area contributed by atoms with E-state index in [0.717, 1.165) is 34.7 Å². The second kappa shape index (κ2) is 9.91. The van der Waals surface area contributed by atoms with E-state index in [4.69, 9.17) is 0 Å². The summed E-state index contributed by atoms with van der Waals surface area (Å²) in [6.45, 7) is 4.75. The van der Waals surface area contributed by atoms with Gasteiger partial charge in [0.1, 0.15) is 5.82 Å². The van der Waals surface area contributed by atoms with Gasteiger partial charge in [-0.25, -0.2) is 4.98 Å². The summed E-state index contributed by atoms with van der Waals surface area (Å²) in [5.41, 5.74) is 2.21. The van der Waals surface area contributed by atoms with Gasteiger partial charge in [0, 0.05) is 17.7 Å². The van der Waals surface area contributed by atoms with Crippen LogP contribution in [0.25, 0.3) is 0 Å². The predicted molar refractivity (Wildman–Crippen MR) is 113 cm³/mol. The lowest BCUT2D eigenvalue weighted by Gasteiger charge is -2.07. The van der Waals surface area contributed by atoms with Crippen LogP contribution < -0.4 is 5.32 Å². The summed E-state index contributed by atoms with van der Waals surface area (Å²) in [5.74, 6) is 2.88. The molecule has 0 saturated heterocycles. The van der Waals surface area contributed by atoms with Gasteiger partial charge in [0.25, 0.3) is 0 Å². The van der Waals surface area contributed by atoms with Crippen LogP contribution >= 0.6 is 34.9 Å². The molecule has 0 spiro atoms. The quantitative estimate of drug-likeness (QED) is 0.523. The van der Waals surface area contributed by atoms with Crippen molar-refractivity contribution in [1.29, 1.82) is 0 Å². The number of carbonyl (C=O) groups excluding carboxylic acids is 1. The molecule has 1 N–H and O–H groups in total. The zero-order valence-corrected chi connectivity index (χ0v) is 17.7. The zero-order chi connectivity index (χ0) is 19.1.